The first-order valence-corrected chi connectivity index (χ1v) is 6.45. The van der Waals surface area contributed by atoms with Gasteiger partial charge in [-0.3, -0.25) is 0 Å². The van der Waals surface area contributed by atoms with Gasteiger partial charge in [0.05, 0.1) is 13.2 Å². The number of carbonyl (C=O) groups is 2. The molecule has 1 aliphatic heterocycles. The number of carboxylic acids is 1. The van der Waals surface area contributed by atoms with Gasteiger partial charge in [0, 0.05) is 12.6 Å². The lowest BCUT2D eigenvalue weighted by molar-refractivity contribution is -0.147. The highest BCUT2D eigenvalue weighted by Gasteiger charge is 2.34. The van der Waals surface area contributed by atoms with Crippen molar-refractivity contribution in [3.63, 3.8) is 0 Å². The summed E-state index contributed by atoms with van der Waals surface area (Å²) in [4.78, 5) is 24.5. The zero-order valence-corrected chi connectivity index (χ0v) is 10.6. The molecule has 2 N–H and O–H groups in total. The number of urea groups is 1. The average molecular weight is 256 g/mol. The van der Waals surface area contributed by atoms with Crippen molar-refractivity contribution in [3.05, 3.63) is 0 Å². The number of rotatable bonds is 2. The summed E-state index contributed by atoms with van der Waals surface area (Å²) in [6, 6.07) is -0.952. The third-order valence-electron chi connectivity index (χ3n) is 3.70. The molecule has 6 heteroatoms. The lowest BCUT2D eigenvalue weighted by Crippen LogP contribution is -2.56. The van der Waals surface area contributed by atoms with E-state index >= 15 is 0 Å². The molecular weight excluding hydrogens is 236 g/mol. The number of morpholine rings is 1. The number of carbonyl (C=O) groups excluding carboxylic acids is 1. The summed E-state index contributed by atoms with van der Waals surface area (Å²) < 4.78 is 5.11. The molecular formula is C12H20N2O4. The highest BCUT2D eigenvalue weighted by Crippen LogP contribution is 2.24. The zero-order valence-electron chi connectivity index (χ0n) is 10.6. The number of nitrogens with one attached hydrogen (secondary N) is 1. The molecule has 1 heterocycles. The Hall–Kier alpha value is -1.30. The highest BCUT2D eigenvalue weighted by molar-refractivity contribution is 5.83. The number of amides is 2. The predicted octanol–water partition coefficient (Wildman–Crippen LogP) is 0.670. The summed E-state index contributed by atoms with van der Waals surface area (Å²) in [7, 11) is 0. The molecule has 0 spiro atoms. The standard InChI is InChI=1S/C12H20N2O4/c1-8-2-3-9(6-8)13-12(17)14-4-5-18-7-10(14)11(15)16/h8-10H,2-7H2,1H3,(H,13,17)(H,15,16). The van der Waals surface area contributed by atoms with Crippen molar-refractivity contribution in [1.82, 2.24) is 10.2 Å². The van der Waals surface area contributed by atoms with E-state index in [0.717, 1.165) is 19.3 Å². The summed E-state index contributed by atoms with van der Waals surface area (Å²) in [5.74, 6) is -0.375. The topological polar surface area (TPSA) is 78.9 Å². The molecule has 2 amide bonds. The smallest absolute Gasteiger partial charge is 0.328 e. The van der Waals surface area contributed by atoms with E-state index in [0.29, 0.717) is 19.1 Å². The van der Waals surface area contributed by atoms with Crippen LogP contribution in [-0.2, 0) is 9.53 Å². The van der Waals surface area contributed by atoms with E-state index in [2.05, 4.69) is 12.2 Å². The van der Waals surface area contributed by atoms with Crippen molar-refractivity contribution in [2.24, 2.45) is 5.92 Å². The average Bonchev–Trinajstić information content (AvgIpc) is 2.74. The van der Waals surface area contributed by atoms with Gasteiger partial charge in [0.15, 0.2) is 6.04 Å². The quantitative estimate of drug-likeness (QED) is 0.761. The Morgan fingerprint density at radius 3 is 2.78 bits per heavy atom. The van der Waals surface area contributed by atoms with Crippen molar-refractivity contribution >= 4 is 12.0 Å². The Labute approximate surface area is 106 Å². The number of hydrogen-bond acceptors (Lipinski definition) is 3. The molecule has 0 aromatic carbocycles. The van der Waals surface area contributed by atoms with Crippen LogP contribution in [0.3, 0.4) is 0 Å². The Kier molecular flexibility index (Phi) is 4.06. The van der Waals surface area contributed by atoms with Crippen LogP contribution in [0.15, 0.2) is 0 Å². The van der Waals surface area contributed by atoms with Crippen LogP contribution in [0.25, 0.3) is 0 Å². The third kappa shape index (κ3) is 2.93. The monoisotopic (exact) mass is 256 g/mol. The van der Waals surface area contributed by atoms with Crippen LogP contribution in [0.5, 0.6) is 0 Å². The van der Waals surface area contributed by atoms with Crippen LogP contribution in [0.1, 0.15) is 26.2 Å². The summed E-state index contributed by atoms with van der Waals surface area (Å²) in [6.07, 6.45) is 3.08. The molecule has 0 bridgehead atoms. The van der Waals surface area contributed by atoms with Crippen LogP contribution >= 0.6 is 0 Å². The third-order valence-corrected chi connectivity index (χ3v) is 3.70. The second-order valence-electron chi connectivity index (χ2n) is 5.19. The predicted molar refractivity (Wildman–Crippen MR) is 64.3 cm³/mol. The maximum Gasteiger partial charge on any atom is 0.328 e. The summed E-state index contributed by atoms with van der Waals surface area (Å²) in [5.41, 5.74) is 0. The van der Waals surface area contributed by atoms with E-state index in [-0.39, 0.29) is 18.7 Å². The SMILES string of the molecule is CC1CCC(NC(=O)N2CCOCC2C(=O)O)C1. The van der Waals surface area contributed by atoms with Crippen molar-refractivity contribution in [1.29, 1.82) is 0 Å². The van der Waals surface area contributed by atoms with Crippen molar-refractivity contribution < 1.29 is 19.4 Å². The molecule has 0 aromatic rings. The molecule has 3 unspecified atom stereocenters. The van der Waals surface area contributed by atoms with Crippen molar-refractivity contribution in [3.8, 4) is 0 Å². The fourth-order valence-electron chi connectivity index (χ4n) is 2.65. The first-order chi connectivity index (χ1) is 8.58. The fourth-order valence-corrected chi connectivity index (χ4v) is 2.65. The molecule has 1 saturated heterocycles. The molecule has 0 radical (unpaired) electrons. The molecule has 2 rings (SSSR count). The van der Waals surface area contributed by atoms with Crippen LogP contribution in [0, 0.1) is 5.92 Å². The van der Waals surface area contributed by atoms with E-state index < -0.39 is 12.0 Å². The fraction of sp³-hybridized carbons (Fsp3) is 0.833. The zero-order chi connectivity index (χ0) is 13.1. The number of ether oxygens (including phenoxy) is 1. The van der Waals surface area contributed by atoms with Crippen LogP contribution in [-0.4, -0.2) is 53.8 Å². The van der Waals surface area contributed by atoms with Gasteiger partial charge in [0.1, 0.15) is 0 Å². The molecule has 18 heavy (non-hydrogen) atoms. The molecule has 0 aromatic heterocycles. The number of hydrogen-bond donors (Lipinski definition) is 2. The van der Waals surface area contributed by atoms with Crippen LogP contribution in [0.2, 0.25) is 0 Å². The molecule has 1 aliphatic carbocycles. The summed E-state index contributed by atoms with van der Waals surface area (Å²) in [5, 5.41) is 12.0. The minimum Gasteiger partial charge on any atom is -0.480 e. The van der Waals surface area contributed by atoms with Gasteiger partial charge in [0.25, 0.3) is 0 Å². The summed E-state index contributed by atoms with van der Waals surface area (Å²) >= 11 is 0. The Morgan fingerprint density at radius 2 is 2.17 bits per heavy atom. The van der Waals surface area contributed by atoms with Crippen molar-refractivity contribution in [2.45, 2.75) is 38.3 Å². The Balaban J connectivity index is 1.92. The number of nitrogens with zero attached hydrogens (tertiary/aromatic N) is 1. The largest absolute Gasteiger partial charge is 0.480 e. The van der Waals surface area contributed by atoms with E-state index in [1.54, 1.807) is 0 Å². The maximum atomic E-state index is 12.1. The van der Waals surface area contributed by atoms with Gasteiger partial charge in [-0.1, -0.05) is 6.92 Å². The second-order valence-corrected chi connectivity index (χ2v) is 5.19. The van der Waals surface area contributed by atoms with Gasteiger partial charge in [0.2, 0.25) is 0 Å². The molecule has 6 nitrogen and oxygen atoms in total. The second kappa shape index (κ2) is 5.56. The molecule has 2 fully saturated rings. The number of carboxylic acid groups (broad SMARTS) is 1. The Morgan fingerprint density at radius 1 is 1.39 bits per heavy atom. The van der Waals surface area contributed by atoms with Gasteiger partial charge in [-0.05, 0) is 25.2 Å². The lowest BCUT2D eigenvalue weighted by atomic mass is 10.1. The van der Waals surface area contributed by atoms with E-state index in [9.17, 15) is 9.59 Å². The normalized spacial score (nSPS) is 32.3. The molecule has 1 saturated carbocycles. The van der Waals surface area contributed by atoms with Gasteiger partial charge < -0.3 is 20.1 Å². The molecule has 102 valence electrons. The van der Waals surface area contributed by atoms with Gasteiger partial charge in [-0.2, -0.15) is 0 Å². The van der Waals surface area contributed by atoms with E-state index in [4.69, 9.17) is 9.84 Å². The van der Waals surface area contributed by atoms with E-state index in [1.807, 2.05) is 0 Å². The van der Waals surface area contributed by atoms with Crippen LogP contribution in [0.4, 0.5) is 4.79 Å². The number of aliphatic carboxylic acids is 1. The highest BCUT2D eigenvalue weighted by atomic mass is 16.5. The first-order valence-electron chi connectivity index (χ1n) is 6.45. The van der Waals surface area contributed by atoms with Gasteiger partial charge in [-0.15, -0.1) is 0 Å². The Bertz CT molecular complexity index is 334. The van der Waals surface area contributed by atoms with Crippen LogP contribution < -0.4 is 5.32 Å². The van der Waals surface area contributed by atoms with Gasteiger partial charge >= 0.3 is 12.0 Å². The van der Waals surface area contributed by atoms with E-state index in [1.165, 1.54) is 4.90 Å². The lowest BCUT2D eigenvalue weighted by Gasteiger charge is -2.33. The minimum absolute atomic E-state index is 0.0732. The molecule has 2 aliphatic rings. The first kappa shape index (κ1) is 13.1. The van der Waals surface area contributed by atoms with Crippen molar-refractivity contribution in [2.75, 3.05) is 19.8 Å². The van der Waals surface area contributed by atoms with Gasteiger partial charge in [-0.25, -0.2) is 9.59 Å². The minimum atomic E-state index is -1.01. The summed E-state index contributed by atoms with van der Waals surface area (Å²) in [6.45, 7) is 2.98. The molecule has 3 atom stereocenters. The maximum absolute atomic E-state index is 12.1.